The number of carboxylic acids is 1. The zero-order valence-electron chi connectivity index (χ0n) is 11.0. The Morgan fingerprint density at radius 1 is 1.42 bits per heavy atom. The summed E-state index contributed by atoms with van der Waals surface area (Å²) < 4.78 is 10.8. The van der Waals surface area contributed by atoms with E-state index in [0.717, 1.165) is 12.2 Å². The van der Waals surface area contributed by atoms with Gasteiger partial charge in [0.25, 0.3) is 0 Å². The third kappa shape index (κ3) is 2.00. The fourth-order valence-electron chi connectivity index (χ4n) is 3.05. The summed E-state index contributed by atoms with van der Waals surface area (Å²) >= 11 is 0. The maximum absolute atomic E-state index is 11.1. The van der Waals surface area contributed by atoms with Crippen LogP contribution < -0.4 is 4.74 Å². The average Bonchev–Trinajstić information content (AvgIpc) is 3.11. The van der Waals surface area contributed by atoms with Crippen molar-refractivity contribution in [1.29, 1.82) is 0 Å². The molecule has 1 aromatic carbocycles. The molecule has 4 heteroatoms. The third-order valence-corrected chi connectivity index (χ3v) is 4.28. The van der Waals surface area contributed by atoms with E-state index in [2.05, 4.69) is 0 Å². The van der Waals surface area contributed by atoms with Crippen molar-refractivity contribution in [1.82, 2.24) is 0 Å². The highest BCUT2D eigenvalue weighted by molar-refractivity contribution is 5.74. The molecule has 1 heterocycles. The Hall–Kier alpha value is -1.55. The molecular weight excluding hydrogens is 244 g/mol. The molecule has 2 atom stereocenters. The summed E-state index contributed by atoms with van der Waals surface area (Å²) in [4.78, 5) is 11.1. The molecule has 1 aromatic rings. The maximum Gasteiger partial charge on any atom is 0.306 e. The lowest BCUT2D eigenvalue weighted by Crippen LogP contribution is -2.49. The zero-order chi connectivity index (χ0) is 13.5. The summed E-state index contributed by atoms with van der Waals surface area (Å²) in [5.74, 6) is 0.196. The first-order chi connectivity index (χ1) is 9.17. The molecule has 3 rings (SSSR count). The van der Waals surface area contributed by atoms with Crippen molar-refractivity contribution in [3.05, 3.63) is 29.8 Å². The van der Waals surface area contributed by atoms with Gasteiger partial charge in [-0.05, 0) is 37.0 Å². The molecule has 19 heavy (non-hydrogen) atoms. The standard InChI is InChI=1S/C15H18O4/c1-2-19-11-5-3-10(4-6-11)15(8-18-9-15)13-7-12(13)14(16)17/h3-6,12-13H,2,7-9H2,1H3,(H,16,17). The van der Waals surface area contributed by atoms with Crippen LogP contribution >= 0.6 is 0 Å². The Morgan fingerprint density at radius 2 is 2.11 bits per heavy atom. The van der Waals surface area contributed by atoms with Crippen molar-refractivity contribution < 1.29 is 19.4 Å². The number of hydrogen-bond donors (Lipinski definition) is 1. The van der Waals surface area contributed by atoms with E-state index in [1.54, 1.807) is 0 Å². The highest BCUT2D eigenvalue weighted by atomic mass is 16.5. The molecule has 0 radical (unpaired) electrons. The summed E-state index contributed by atoms with van der Waals surface area (Å²) in [6.45, 7) is 3.87. The van der Waals surface area contributed by atoms with Crippen LogP contribution in [-0.4, -0.2) is 30.9 Å². The molecule has 1 saturated carbocycles. The number of benzene rings is 1. The molecule has 102 valence electrons. The number of rotatable bonds is 5. The minimum atomic E-state index is -0.679. The zero-order valence-corrected chi connectivity index (χ0v) is 11.0. The van der Waals surface area contributed by atoms with Crippen LogP contribution in [0.5, 0.6) is 5.75 Å². The van der Waals surface area contributed by atoms with Gasteiger partial charge in [0.2, 0.25) is 0 Å². The Kier molecular flexibility index (Phi) is 2.97. The van der Waals surface area contributed by atoms with Crippen LogP contribution in [0.25, 0.3) is 0 Å². The summed E-state index contributed by atoms with van der Waals surface area (Å²) in [5, 5.41) is 9.11. The van der Waals surface area contributed by atoms with Crippen molar-refractivity contribution >= 4 is 5.97 Å². The van der Waals surface area contributed by atoms with E-state index < -0.39 is 5.97 Å². The first-order valence-electron chi connectivity index (χ1n) is 6.71. The van der Waals surface area contributed by atoms with E-state index in [0.29, 0.717) is 19.8 Å². The molecule has 1 saturated heterocycles. The van der Waals surface area contributed by atoms with E-state index in [-0.39, 0.29) is 17.3 Å². The lowest BCUT2D eigenvalue weighted by Gasteiger charge is -2.42. The van der Waals surface area contributed by atoms with Gasteiger partial charge in [-0.25, -0.2) is 0 Å². The minimum Gasteiger partial charge on any atom is -0.494 e. The molecule has 0 aromatic heterocycles. The maximum atomic E-state index is 11.1. The first-order valence-corrected chi connectivity index (χ1v) is 6.71. The molecule has 0 bridgehead atoms. The molecule has 1 N–H and O–H groups in total. The van der Waals surface area contributed by atoms with Crippen LogP contribution in [0.1, 0.15) is 18.9 Å². The van der Waals surface area contributed by atoms with Gasteiger partial charge in [-0.1, -0.05) is 12.1 Å². The number of carbonyl (C=O) groups is 1. The lowest BCUT2D eigenvalue weighted by atomic mass is 9.73. The van der Waals surface area contributed by atoms with Gasteiger partial charge in [-0.15, -0.1) is 0 Å². The fraction of sp³-hybridized carbons (Fsp3) is 0.533. The predicted molar refractivity (Wildman–Crippen MR) is 69.3 cm³/mol. The van der Waals surface area contributed by atoms with Crippen LogP contribution in [0, 0.1) is 11.8 Å². The number of aliphatic carboxylic acids is 1. The van der Waals surface area contributed by atoms with Crippen molar-refractivity contribution in [2.24, 2.45) is 11.8 Å². The van der Waals surface area contributed by atoms with Crippen molar-refractivity contribution in [3.63, 3.8) is 0 Å². The largest absolute Gasteiger partial charge is 0.494 e. The number of hydrogen-bond acceptors (Lipinski definition) is 3. The van der Waals surface area contributed by atoms with E-state index in [4.69, 9.17) is 14.6 Å². The van der Waals surface area contributed by atoms with Gasteiger partial charge < -0.3 is 14.6 Å². The molecule has 2 unspecified atom stereocenters. The topological polar surface area (TPSA) is 55.8 Å². The predicted octanol–water partition coefficient (Wildman–Crippen LogP) is 2.07. The van der Waals surface area contributed by atoms with Gasteiger partial charge in [0, 0.05) is 5.41 Å². The molecule has 1 aliphatic carbocycles. The molecule has 2 fully saturated rings. The van der Waals surface area contributed by atoms with Crippen LogP contribution in [0.15, 0.2) is 24.3 Å². The van der Waals surface area contributed by atoms with Gasteiger partial charge in [0.05, 0.1) is 25.7 Å². The summed E-state index contributed by atoms with van der Waals surface area (Å²) in [7, 11) is 0. The lowest BCUT2D eigenvalue weighted by molar-refractivity contribution is -0.140. The Bertz CT molecular complexity index is 475. The van der Waals surface area contributed by atoms with Crippen LogP contribution in [-0.2, 0) is 14.9 Å². The quantitative estimate of drug-likeness (QED) is 0.882. The summed E-state index contributed by atoms with van der Waals surface area (Å²) in [5.41, 5.74) is 1.09. The second-order valence-corrected chi connectivity index (χ2v) is 5.39. The Labute approximate surface area is 112 Å². The number of carboxylic acid groups (broad SMARTS) is 1. The number of ether oxygens (including phenoxy) is 2. The van der Waals surface area contributed by atoms with Gasteiger partial charge in [-0.3, -0.25) is 4.79 Å². The minimum absolute atomic E-state index is 0.0895. The molecule has 4 nitrogen and oxygen atoms in total. The van der Waals surface area contributed by atoms with Gasteiger partial charge in [0.1, 0.15) is 5.75 Å². The summed E-state index contributed by atoms with van der Waals surface area (Å²) in [6, 6.07) is 8.00. The van der Waals surface area contributed by atoms with Gasteiger partial charge >= 0.3 is 5.97 Å². The normalized spacial score (nSPS) is 27.4. The second kappa shape index (κ2) is 4.53. The van der Waals surface area contributed by atoms with Crippen molar-refractivity contribution in [2.75, 3.05) is 19.8 Å². The monoisotopic (exact) mass is 262 g/mol. The van der Waals surface area contributed by atoms with Gasteiger partial charge in [0.15, 0.2) is 0 Å². The first kappa shape index (κ1) is 12.5. The SMILES string of the molecule is CCOc1ccc(C2(C3CC3C(=O)O)COC2)cc1. The molecule has 0 amide bonds. The fourth-order valence-corrected chi connectivity index (χ4v) is 3.05. The third-order valence-electron chi connectivity index (χ3n) is 4.28. The van der Waals surface area contributed by atoms with Crippen LogP contribution in [0.2, 0.25) is 0 Å². The van der Waals surface area contributed by atoms with Crippen molar-refractivity contribution in [2.45, 2.75) is 18.8 Å². The second-order valence-electron chi connectivity index (χ2n) is 5.39. The molecule has 0 spiro atoms. The highest BCUT2D eigenvalue weighted by Crippen LogP contribution is 2.55. The summed E-state index contributed by atoms with van der Waals surface area (Å²) in [6.07, 6.45) is 0.770. The van der Waals surface area contributed by atoms with E-state index in [9.17, 15) is 4.79 Å². The van der Waals surface area contributed by atoms with E-state index >= 15 is 0 Å². The van der Waals surface area contributed by atoms with Crippen LogP contribution in [0.3, 0.4) is 0 Å². The molecule has 2 aliphatic rings. The van der Waals surface area contributed by atoms with Crippen LogP contribution in [0.4, 0.5) is 0 Å². The molecule has 1 aliphatic heterocycles. The smallest absolute Gasteiger partial charge is 0.306 e. The Morgan fingerprint density at radius 3 is 2.53 bits per heavy atom. The average molecular weight is 262 g/mol. The molecular formula is C15H18O4. The Balaban J connectivity index is 1.80. The van der Waals surface area contributed by atoms with Crippen molar-refractivity contribution in [3.8, 4) is 5.75 Å². The van der Waals surface area contributed by atoms with E-state index in [1.165, 1.54) is 5.56 Å². The highest BCUT2D eigenvalue weighted by Gasteiger charge is 2.60. The van der Waals surface area contributed by atoms with Gasteiger partial charge in [-0.2, -0.15) is 0 Å². The van der Waals surface area contributed by atoms with E-state index in [1.807, 2.05) is 31.2 Å².